The lowest BCUT2D eigenvalue weighted by Crippen LogP contribution is -2.29. The maximum Gasteiger partial charge on any atom is 0.357 e. The van der Waals surface area contributed by atoms with Crippen molar-refractivity contribution >= 4 is 17.9 Å². The van der Waals surface area contributed by atoms with Gasteiger partial charge in [-0.3, -0.25) is 10.6 Å². The average molecular weight is 346 g/mol. The van der Waals surface area contributed by atoms with Gasteiger partial charge in [0, 0.05) is 4.90 Å². The number of hydrazine groups is 1. The number of carboxylic acid groups (broad SMARTS) is 1. The Balaban J connectivity index is 2.06. The number of rotatable bonds is 7. The molecule has 24 heavy (non-hydrogen) atoms. The molecule has 2 aromatic rings. The highest BCUT2D eigenvalue weighted by Crippen LogP contribution is 2.23. The molecule has 0 bridgehead atoms. The van der Waals surface area contributed by atoms with Crippen molar-refractivity contribution in [3.63, 3.8) is 0 Å². The Hall–Kier alpha value is -2.68. The van der Waals surface area contributed by atoms with Crippen LogP contribution in [-0.4, -0.2) is 11.1 Å². The third-order valence-electron chi connectivity index (χ3n) is 3.27. The van der Waals surface area contributed by atoms with Gasteiger partial charge >= 0.3 is 5.97 Å². The Bertz CT molecular complexity index is 730. The molecule has 0 fully saturated rings. The summed E-state index contributed by atoms with van der Waals surface area (Å²) < 4.78 is 5.30. The molecule has 0 amide bonds. The van der Waals surface area contributed by atoms with Crippen LogP contribution in [0.5, 0.6) is 0 Å². The van der Waals surface area contributed by atoms with Gasteiger partial charge in [-0.1, -0.05) is 36.4 Å². The van der Waals surface area contributed by atoms with E-state index in [9.17, 15) is 4.79 Å². The fraction of sp³-hybridized carbons (Fsp3) is 0.0625. The van der Waals surface area contributed by atoms with E-state index in [0.29, 0.717) is 0 Å². The summed E-state index contributed by atoms with van der Waals surface area (Å²) in [7, 11) is 0. The SMILES string of the molecule is NN/C(OCc1ccc(-c2ccc(SN)cc2)cc1)=C(\N)C(=O)O. The van der Waals surface area contributed by atoms with Gasteiger partial charge in [-0.15, -0.1) is 0 Å². The predicted molar refractivity (Wildman–Crippen MR) is 92.9 cm³/mol. The molecule has 7 nitrogen and oxygen atoms in total. The molecule has 0 radical (unpaired) electrons. The lowest BCUT2D eigenvalue weighted by Gasteiger charge is -2.11. The maximum absolute atomic E-state index is 10.8. The standard InChI is InChI=1S/C16H18N4O3S/c17-14(16(21)22)15(20-18)23-9-10-1-3-11(4-2-10)12-5-7-13(24-19)8-6-12/h1-8,20H,9,17-19H2,(H,21,22)/b15-14+. The van der Waals surface area contributed by atoms with Gasteiger partial charge in [0.2, 0.25) is 5.88 Å². The summed E-state index contributed by atoms with van der Waals surface area (Å²) in [4.78, 5) is 11.8. The molecule has 0 atom stereocenters. The van der Waals surface area contributed by atoms with Crippen LogP contribution in [0.1, 0.15) is 5.56 Å². The summed E-state index contributed by atoms with van der Waals surface area (Å²) in [5.41, 5.74) is 9.98. The zero-order valence-corrected chi connectivity index (χ0v) is 13.5. The summed E-state index contributed by atoms with van der Waals surface area (Å²) in [5.74, 6) is 3.73. The second kappa shape index (κ2) is 8.25. The predicted octanol–water partition coefficient (Wildman–Crippen LogP) is 1.51. The molecule has 0 aliphatic heterocycles. The van der Waals surface area contributed by atoms with E-state index in [2.05, 4.69) is 5.43 Å². The van der Waals surface area contributed by atoms with E-state index in [1.807, 2.05) is 48.5 Å². The first-order valence-corrected chi connectivity index (χ1v) is 7.81. The molecular formula is C16H18N4O3S. The van der Waals surface area contributed by atoms with Crippen LogP contribution in [-0.2, 0) is 16.1 Å². The number of nitrogens with one attached hydrogen (secondary N) is 1. The minimum Gasteiger partial charge on any atom is -0.476 e. The molecule has 0 saturated carbocycles. The Labute approximate surface area is 143 Å². The highest BCUT2D eigenvalue weighted by atomic mass is 32.2. The van der Waals surface area contributed by atoms with Gasteiger partial charge in [-0.05, 0) is 40.8 Å². The summed E-state index contributed by atoms with van der Waals surface area (Å²) in [6.45, 7) is 0.135. The molecule has 0 aliphatic carbocycles. The highest BCUT2D eigenvalue weighted by molar-refractivity contribution is 7.97. The van der Waals surface area contributed by atoms with Gasteiger partial charge in [-0.25, -0.2) is 10.6 Å². The second-order valence-electron chi connectivity index (χ2n) is 4.82. The third-order valence-corrected chi connectivity index (χ3v) is 3.81. The molecule has 0 aliphatic rings. The van der Waals surface area contributed by atoms with Crippen LogP contribution in [0.3, 0.4) is 0 Å². The number of hydrogen-bond donors (Lipinski definition) is 5. The number of carboxylic acids is 1. The Morgan fingerprint density at radius 2 is 1.62 bits per heavy atom. The van der Waals surface area contributed by atoms with Gasteiger partial charge < -0.3 is 15.6 Å². The molecule has 0 aromatic heterocycles. The summed E-state index contributed by atoms with van der Waals surface area (Å²) >= 11 is 1.20. The van der Waals surface area contributed by atoms with Crippen molar-refractivity contribution in [2.45, 2.75) is 11.5 Å². The van der Waals surface area contributed by atoms with E-state index in [-0.39, 0.29) is 12.5 Å². The van der Waals surface area contributed by atoms with E-state index in [1.165, 1.54) is 11.9 Å². The number of benzene rings is 2. The molecule has 8 N–H and O–H groups in total. The Kier molecular flexibility index (Phi) is 6.07. The van der Waals surface area contributed by atoms with Gasteiger partial charge in [0.1, 0.15) is 6.61 Å². The first-order chi connectivity index (χ1) is 11.5. The Morgan fingerprint density at radius 1 is 1.08 bits per heavy atom. The minimum absolute atomic E-state index is 0.135. The fourth-order valence-corrected chi connectivity index (χ4v) is 2.26. The van der Waals surface area contributed by atoms with Crippen molar-refractivity contribution in [3.8, 4) is 11.1 Å². The molecular weight excluding hydrogens is 328 g/mol. The molecule has 0 unspecified atom stereocenters. The van der Waals surface area contributed by atoms with Crippen LogP contribution in [0.25, 0.3) is 11.1 Å². The molecule has 2 aromatic carbocycles. The van der Waals surface area contributed by atoms with Crippen molar-refractivity contribution in [2.24, 2.45) is 16.7 Å². The third kappa shape index (κ3) is 4.42. The Morgan fingerprint density at radius 3 is 2.08 bits per heavy atom. The number of nitrogens with two attached hydrogens (primary N) is 3. The van der Waals surface area contributed by atoms with Crippen LogP contribution in [0.2, 0.25) is 0 Å². The first kappa shape index (κ1) is 17.7. The van der Waals surface area contributed by atoms with Crippen molar-refractivity contribution < 1.29 is 14.6 Å². The van der Waals surface area contributed by atoms with E-state index in [4.69, 9.17) is 26.6 Å². The number of carbonyl (C=O) groups is 1. The average Bonchev–Trinajstić information content (AvgIpc) is 2.62. The zero-order chi connectivity index (χ0) is 17.5. The van der Waals surface area contributed by atoms with E-state index in [0.717, 1.165) is 21.6 Å². The van der Waals surface area contributed by atoms with Gasteiger partial charge in [0.05, 0.1) is 0 Å². The first-order valence-electron chi connectivity index (χ1n) is 6.93. The normalized spacial score (nSPS) is 11.6. The van der Waals surface area contributed by atoms with Crippen LogP contribution >= 0.6 is 11.9 Å². The van der Waals surface area contributed by atoms with Crippen LogP contribution in [0.4, 0.5) is 0 Å². The minimum atomic E-state index is -1.31. The van der Waals surface area contributed by atoms with Crippen LogP contribution < -0.4 is 22.1 Å². The van der Waals surface area contributed by atoms with E-state index >= 15 is 0 Å². The van der Waals surface area contributed by atoms with E-state index < -0.39 is 11.7 Å². The smallest absolute Gasteiger partial charge is 0.357 e. The number of hydrogen-bond acceptors (Lipinski definition) is 7. The molecule has 0 spiro atoms. The van der Waals surface area contributed by atoms with Crippen LogP contribution in [0, 0.1) is 0 Å². The highest BCUT2D eigenvalue weighted by Gasteiger charge is 2.11. The second-order valence-corrected chi connectivity index (χ2v) is 5.53. The maximum atomic E-state index is 10.8. The number of aliphatic carboxylic acids is 1. The van der Waals surface area contributed by atoms with E-state index in [1.54, 1.807) is 0 Å². The molecule has 8 heteroatoms. The number of ether oxygens (including phenoxy) is 1. The van der Waals surface area contributed by atoms with Crippen molar-refractivity contribution in [2.75, 3.05) is 0 Å². The summed E-state index contributed by atoms with van der Waals surface area (Å²) in [5, 5.41) is 14.3. The summed E-state index contributed by atoms with van der Waals surface area (Å²) in [6, 6.07) is 15.6. The van der Waals surface area contributed by atoms with Crippen molar-refractivity contribution in [3.05, 3.63) is 65.7 Å². The lowest BCUT2D eigenvalue weighted by atomic mass is 10.0. The largest absolute Gasteiger partial charge is 0.476 e. The van der Waals surface area contributed by atoms with Crippen LogP contribution in [0.15, 0.2) is 65.0 Å². The molecule has 126 valence electrons. The van der Waals surface area contributed by atoms with Crippen molar-refractivity contribution in [1.82, 2.24) is 5.43 Å². The van der Waals surface area contributed by atoms with Gasteiger partial charge in [0.25, 0.3) is 0 Å². The molecule has 0 saturated heterocycles. The quantitative estimate of drug-likeness (QED) is 0.167. The monoisotopic (exact) mass is 346 g/mol. The topological polar surface area (TPSA) is 137 Å². The van der Waals surface area contributed by atoms with Crippen molar-refractivity contribution in [1.29, 1.82) is 0 Å². The summed E-state index contributed by atoms with van der Waals surface area (Å²) in [6.07, 6.45) is 0. The van der Waals surface area contributed by atoms with Gasteiger partial charge in [0.15, 0.2) is 5.70 Å². The lowest BCUT2D eigenvalue weighted by molar-refractivity contribution is -0.133. The molecule has 0 heterocycles. The fourth-order valence-electron chi connectivity index (χ4n) is 1.97. The molecule has 2 rings (SSSR count). The zero-order valence-electron chi connectivity index (χ0n) is 12.7. The van der Waals surface area contributed by atoms with Gasteiger partial charge in [-0.2, -0.15) is 0 Å².